The molecule has 0 bridgehead atoms. The van der Waals surface area contributed by atoms with Gasteiger partial charge in [-0.2, -0.15) is 21.1 Å². The van der Waals surface area contributed by atoms with Crippen LogP contribution in [0.3, 0.4) is 0 Å². The van der Waals surface area contributed by atoms with Crippen LogP contribution >= 0.6 is 11.3 Å². The molecule has 0 saturated carbocycles. The smallest absolute Gasteiger partial charge is 0.293 e. The van der Waals surface area contributed by atoms with Gasteiger partial charge >= 0.3 is 0 Å². The van der Waals surface area contributed by atoms with Crippen molar-refractivity contribution >= 4 is 35.0 Å². The minimum atomic E-state index is -0.515. The summed E-state index contributed by atoms with van der Waals surface area (Å²) in [6.45, 7) is 0.292. The third kappa shape index (κ3) is 4.03. The Morgan fingerprint density at radius 2 is 2.17 bits per heavy atom. The second-order valence-corrected chi connectivity index (χ2v) is 7.00. The number of carbonyl (C=O) groups excluding carboxylic acids is 1. The average Bonchev–Trinajstić information content (AvgIpc) is 3.50. The average molecular weight is 423 g/mol. The molecule has 4 aromatic rings. The molecule has 0 atom stereocenters. The predicted molar refractivity (Wildman–Crippen MR) is 112 cm³/mol. The van der Waals surface area contributed by atoms with Crippen molar-refractivity contribution in [2.75, 3.05) is 17.7 Å². The second-order valence-electron chi connectivity index (χ2n) is 6.22. The summed E-state index contributed by atoms with van der Waals surface area (Å²) in [4.78, 5) is 14.7. The van der Waals surface area contributed by atoms with Crippen LogP contribution in [0.5, 0.6) is 0 Å². The van der Waals surface area contributed by atoms with E-state index in [1.54, 1.807) is 6.21 Å². The van der Waals surface area contributed by atoms with Crippen molar-refractivity contribution in [2.24, 2.45) is 5.10 Å². The van der Waals surface area contributed by atoms with Crippen molar-refractivity contribution in [3.8, 4) is 5.82 Å². The fraction of sp³-hybridized carbons (Fsp3) is 0.111. The summed E-state index contributed by atoms with van der Waals surface area (Å²) in [5.41, 5.74) is 10.6. The van der Waals surface area contributed by atoms with Gasteiger partial charge in [-0.1, -0.05) is 23.4 Å². The molecule has 0 radical (unpaired) electrons. The summed E-state index contributed by atoms with van der Waals surface area (Å²) in [5.74, 6) is -0.329. The Balaban J connectivity index is 1.63. The first-order chi connectivity index (χ1) is 14.6. The SMILES string of the molecule is CN(Cc1c(C(=O)N/N=C\c2ccsc2)nnn1-c1nonc1N)c1ccccc1. The first kappa shape index (κ1) is 19.3. The predicted octanol–water partition coefficient (Wildman–Crippen LogP) is 1.69. The van der Waals surface area contributed by atoms with Gasteiger partial charge in [0.2, 0.25) is 11.6 Å². The van der Waals surface area contributed by atoms with Crippen LogP contribution in [0.2, 0.25) is 0 Å². The summed E-state index contributed by atoms with van der Waals surface area (Å²) in [5, 5.41) is 23.2. The van der Waals surface area contributed by atoms with Gasteiger partial charge in [-0.15, -0.1) is 5.10 Å². The van der Waals surface area contributed by atoms with E-state index in [1.807, 2.05) is 59.1 Å². The van der Waals surface area contributed by atoms with Crippen molar-refractivity contribution in [1.82, 2.24) is 30.7 Å². The van der Waals surface area contributed by atoms with Gasteiger partial charge in [0.05, 0.1) is 18.5 Å². The van der Waals surface area contributed by atoms with Crippen LogP contribution in [0.1, 0.15) is 21.7 Å². The Morgan fingerprint density at radius 3 is 2.87 bits per heavy atom. The third-order valence-corrected chi connectivity index (χ3v) is 4.88. The Labute approximate surface area is 174 Å². The van der Waals surface area contributed by atoms with E-state index in [-0.39, 0.29) is 17.3 Å². The molecule has 1 aromatic carbocycles. The molecule has 1 amide bonds. The molecular weight excluding hydrogens is 406 g/mol. The van der Waals surface area contributed by atoms with E-state index < -0.39 is 5.91 Å². The number of rotatable bonds is 7. The number of hydrogen-bond acceptors (Lipinski definition) is 10. The van der Waals surface area contributed by atoms with E-state index in [1.165, 1.54) is 16.0 Å². The molecule has 0 aliphatic rings. The number of benzene rings is 1. The number of nitrogens with two attached hydrogens (primary N) is 1. The number of aromatic nitrogens is 5. The number of carbonyl (C=O) groups is 1. The number of amides is 1. The van der Waals surface area contributed by atoms with Crippen molar-refractivity contribution in [3.05, 3.63) is 64.1 Å². The molecule has 11 nitrogen and oxygen atoms in total. The highest BCUT2D eigenvalue weighted by Gasteiger charge is 2.25. The number of thiophene rings is 1. The van der Waals surface area contributed by atoms with E-state index >= 15 is 0 Å². The maximum Gasteiger partial charge on any atom is 0.293 e. The molecule has 0 fully saturated rings. The lowest BCUT2D eigenvalue weighted by atomic mass is 10.2. The summed E-state index contributed by atoms with van der Waals surface area (Å²) >= 11 is 1.54. The zero-order valence-corrected chi connectivity index (χ0v) is 16.7. The molecule has 0 unspecified atom stereocenters. The monoisotopic (exact) mass is 423 g/mol. The van der Waals surface area contributed by atoms with Gasteiger partial charge in [0.25, 0.3) is 5.91 Å². The Bertz CT molecular complexity index is 1150. The first-order valence-electron chi connectivity index (χ1n) is 8.78. The van der Waals surface area contributed by atoms with Crippen LogP contribution in [0, 0.1) is 0 Å². The van der Waals surface area contributed by atoms with Gasteiger partial charge in [0, 0.05) is 18.3 Å². The highest BCUT2D eigenvalue weighted by molar-refractivity contribution is 7.08. The minimum absolute atomic E-state index is 0.0333. The minimum Gasteiger partial charge on any atom is -0.378 e. The summed E-state index contributed by atoms with van der Waals surface area (Å²) in [6.07, 6.45) is 1.55. The van der Waals surface area contributed by atoms with Crippen LogP contribution in [0.15, 0.2) is 56.9 Å². The quantitative estimate of drug-likeness (QED) is 0.338. The van der Waals surface area contributed by atoms with Crippen LogP contribution in [-0.4, -0.2) is 44.5 Å². The Hall–Kier alpha value is -4.06. The van der Waals surface area contributed by atoms with Gasteiger partial charge in [0.15, 0.2) is 5.69 Å². The summed E-state index contributed by atoms with van der Waals surface area (Å²) in [7, 11) is 1.88. The van der Waals surface area contributed by atoms with Gasteiger partial charge in [0.1, 0.15) is 0 Å². The summed E-state index contributed by atoms with van der Waals surface area (Å²) in [6, 6.07) is 11.6. The fourth-order valence-electron chi connectivity index (χ4n) is 2.69. The van der Waals surface area contributed by atoms with Crippen molar-refractivity contribution < 1.29 is 9.42 Å². The molecule has 12 heteroatoms. The number of hydrazone groups is 1. The second kappa shape index (κ2) is 8.53. The molecule has 152 valence electrons. The molecular formula is C18H17N9O2S. The summed E-state index contributed by atoms with van der Waals surface area (Å²) < 4.78 is 6.01. The molecule has 4 rings (SSSR count). The van der Waals surface area contributed by atoms with E-state index in [4.69, 9.17) is 5.73 Å². The Morgan fingerprint density at radius 1 is 1.33 bits per heavy atom. The maximum absolute atomic E-state index is 12.7. The number of nitrogen functional groups attached to an aromatic ring is 1. The highest BCUT2D eigenvalue weighted by Crippen LogP contribution is 2.20. The number of hydrogen-bond donors (Lipinski definition) is 2. The standard InChI is InChI=1S/C18H17N9O2S/c1-26(13-5-3-2-4-6-13)10-14-15(18(28)22-20-9-12-7-8-30-11-12)21-25-27(14)17-16(19)23-29-24-17/h2-9,11H,10H2,1H3,(H2,19,23)(H,22,28)/b20-9-. The van der Waals surface area contributed by atoms with Gasteiger partial charge in [-0.05, 0) is 39.3 Å². The van der Waals surface area contributed by atoms with E-state index in [9.17, 15) is 4.79 Å². The molecule has 3 aromatic heterocycles. The van der Waals surface area contributed by atoms with Crippen molar-refractivity contribution in [2.45, 2.75) is 6.54 Å². The fourth-order valence-corrected chi connectivity index (χ4v) is 3.30. The van der Waals surface area contributed by atoms with E-state index in [0.29, 0.717) is 12.2 Å². The number of nitrogens with one attached hydrogen (secondary N) is 1. The van der Waals surface area contributed by atoms with Crippen molar-refractivity contribution in [1.29, 1.82) is 0 Å². The molecule has 3 heterocycles. The van der Waals surface area contributed by atoms with Crippen LogP contribution in [0.4, 0.5) is 11.5 Å². The number of para-hydroxylation sites is 1. The maximum atomic E-state index is 12.7. The topological polar surface area (TPSA) is 140 Å². The number of nitrogens with zero attached hydrogens (tertiary/aromatic N) is 7. The first-order valence-corrected chi connectivity index (χ1v) is 9.72. The molecule has 0 aliphatic carbocycles. The third-order valence-electron chi connectivity index (χ3n) is 4.18. The lowest BCUT2D eigenvalue weighted by Gasteiger charge is -2.19. The zero-order chi connectivity index (χ0) is 20.9. The molecule has 0 saturated heterocycles. The van der Waals surface area contributed by atoms with Gasteiger partial charge in [-0.3, -0.25) is 4.79 Å². The van der Waals surface area contributed by atoms with Crippen molar-refractivity contribution in [3.63, 3.8) is 0 Å². The lowest BCUT2D eigenvalue weighted by Crippen LogP contribution is -2.24. The molecule has 0 aliphatic heterocycles. The molecule has 0 spiro atoms. The van der Waals surface area contributed by atoms with Gasteiger partial charge < -0.3 is 10.6 Å². The molecule has 30 heavy (non-hydrogen) atoms. The molecule has 3 N–H and O–H groups in total. The van der Waals surface area contributed by atoms with Crippen LogP contribution in [0.25, 0.3) is 5.82 Å². The normalized spacial score (nSPS) is 11.1. The lowest BCUT2D eigenvalue weighted by molar-refractivity contribution is 0.0949. The van der Waals surface area contributed by atoms with E-state index in [2.05, 4.69) is 35.8 Å². The largest absolute Gasteiger partial charge is 0.378 e. The Kier molecular flexibility index (Phi) is 5.48. The van der Waals surface area contributed by atoms with Crippen LogP contribution < -0.4 is 16.1 Å². The van der Waals surface area contributed by atoms with E-state index in [0.717, 1.165) is 11.3 Å². The van der Waals surface area contributed by atoms with Crippen LogP contribution in [-0.2, 0) is 6.54 Å². The zero-order valence-electron chi connectivity index (χ0n) is 15.8. The highest BCUT2D eigenvalue weighted by atomic mass is 32.1. The number of anilines is 2. The van der Waals surface area contributed by atoms with Gasteiger partial charge in [-0.25, -0.2) is 10.1 Å².